The Bertz CT molecular complexity index is 415. The molecule has 2 heterocycles. The van der Waals surface area contributed by atoms with E-state index in [9.17, 15) is 9.90 Å². The summed E-state index contributed by atoms with van der Waals surface area (Å²) in [6.45, 7) is 3.38. The van der Waals surface area contributed by atoms with Crippen molar-refractivity contribution in [2.45, 2.75) is 26.2 Å². The maximum absolute atomic E-state index is 11.4. The Hall–Kier alpha value is -1.21. The molecule has 1 aromatic rings. The van der Waals surface area contributed by atoms with Crippen LogP contribution in [0.2, 0.25) is 0 Å². The van der Waals surface area contributed by atoms with Crippen molar-refractivity contribution in [2.75, 3.05) is 25.1 Å². The first-order chi connectivity index (χ1) is 8.66. The van der Waals surface area contributed by atoms with E-state index in [1.807, 2.05) is 6.92 Å². The molecule has 0 saturated carbocycles. The van der Waals surface area contributed by atoms with Crippen molar-refractivity contribution in [1.82, 2.24) is 9.36 Å². The number of rotatable bonds is 5. The summed E-state index contributed by atoms with van der Waals surface area (Å²) in [5.41, 5.74) is -0.740. The second-order valence-electron chi connectivity index (χ2n) is 4.42. The van der Waals surface area contributed by atoms with E-state index in [0.717, 1.165) is 12.2 Å². The topological polar surface area (TPSA) is 84.3 Å². The first-order valence-electron chi connectivity index (χ1n) is 6.04. The lowest BCUT2D eigenvalue weighted by Crippen LogP contribution is -2.42. The molecule has 6 nitrogen and oxygen atoms in total. The summed E-state index contributed by atoms with van der Waals surface area (Å²) < 4.78 is 9.39. The molecular formula is C11H17N3O3S. The van der Waals surface area contributed by atoms with Gasteiger partial charge in [-0.2, -0.15) is 4.37 Å². The molecule has 0 spiro atoms. The van der Waals surface area contributed by atoms with Crippen molar-refractivity contribution in [3.8, 4) is 0 Å². The Morgan fingerprint density at radius 1 is 1.56 bits per heavy atom. The molecule has 1 saturated heterocycles. The Kier molecular flexibility index (Phi) is 4.13. The molecule has 1 aliphatic heterocycles. The van der Waals surface area contributed by atoms with Gasteiger partial charge >= 0.3 is 5.97 Å². The van der Waals surface area contributed by atoms with Crippen LogP contribution >= 0.6 is 11.5 Å². The number of nitrogens with zero attached hydrogens (tertiary/aromatic N) is 2. The molecule has 0 amide bonds. The number of carboxylic acid groups (broad SMARTS) is 1. The van der Waals surface area contributed by atoms with Crippen LogP contribution in [0.4, 0.5) is 5.13 Å². The van der Waals surface area contributed by atoms with E-state index in [0.29, 0.717) is 37.7 Å². The van der Waals surface area contributed by atoms with Crippen molar-refractivity contribution in [2.24, 2.45) is 5.41 Å². The number of aliphatic carboxylic acids is 1. The minimum Gasteiger partial charge on any atom is -0.481 e. The maximum Gasteiger partial charge on any atom is 0.311 e. The van der Waals surface area contributed by atoms with E-state index >= 15 is 0 Å². The molecule has 0 atom stereocenters. The zero-order chi connectivity index (χ0) is 13.0. The van der Waals surface area contributed by atoms with Crippen molar-refractivity contribution in [3.05, 3.63) is 5.82 Å². The van der Waals surface area contributed by atoms with Gasteiger partial charge in [-0.25, -0.2) is 4.98 Å². The van der Waals surface area contributed by atoms with Crippen molar-refractivity contribution < 1.29 is 14.6 Å². The molecular weight excluding hydrogens is 254 g/mol. The summed E-state index contributed by atoms with van der Waals surface area (Å²) in [5, 5.41) is 13.2. The highest BCUT2D eigenvalue weighted by Gasteiger charge is 2.40. The predicted octanol–water partition coefficient (Wildman–Crippen LogP) is 1.39. The van der Waals surface area contributed by atoms with Gasteiger partial charge < -0.3 is 15.2 Å². The number of carboxylic acids is 1. The summed E-state index contributed by atoms with van der Waals surface area (Å²) in [5.74, 6) is 0.0254. The summed E-state index contributed by atoms with van der Waals surface area (Å²) in [6.07, 6.45) is 1.86. The van der Waals surface area contributed by atoms with Crippen LogP contribution in [-0.4, -0.2) is 40.2 Å². The SMILES string of the molecule is CCc1nsc(NCC2(C(=O)O)CCOCC2)n1. The van der Waals surface area contributed by atoms with Crippen molar-refractivity contribution >= 4 is 22.6 Å². The molecule has 1 aromatic heterocycles. The van der Waals surface area contributed by atoms with Gasteiger partial charge in [0.15, 0.2) is 0 Å². The average molecular weight is 271 g/mol. The quantitative estimate of drug-likeness (QED) is 0.842. The molecule has 0 bridgehead atoms. The smallest absolute Gasteiger partial charge is 0.311 e. The molecule has 0 aromatic carbocycles. The van der Waals surface area contributed by atoms with E-state index in [1.165, 1.54) is 11.5 Å². The van der Waals surface area contributed by atoms with E-state index in [4.69, 9.17) is 4.74 Å². The van der Waals surface area contributed by atoms with Gasteiger partial charge in [0, 0.05) is 37.7 Å². The fourth-order valence-corrected chi connectivity index (χ4v) is 2.59. The average Bonchev–Trinajstić information content (AvgIpc) is 2.85. The van der Waals surface area contributed by atoms with E-state index < -0.39 is 11.4 Å². The minimum absolute atomic E-state index is 0.379. The molecule has 2 rings (SSSR count). The molecule has 100 valence electrons. The van der Waals surface area contributed by atoms with E-state index in [2.05, 4.69) is 14.7 Å². The molecule has 0 radical (unpaired) electrons. The number of hydrogen-bond donors (Lipinski definition) is 2. The van der Waals surface area contributed by atoms with Gasteiger partial charge in [0.2, 0.25) is 5.13 Å². The second kappa shape index (κ2) is 5.62. The Morgan fingerprint density at radius 3 is 2.83 bits per heavy atom. The highest BCUT2D eigenvalue weighted by Crippen LogP contribution is 2.31. The Labute approximate surface area is 110 Å². The molecule has 7 heteroatoms. The van der Waals surface area contributed by atoms with Gasteiger partial charge in [-0.15, -0.1) is 0 Å². The molecule has 0 aliphatic carbocycles. The minimum atomic E-state index is -0.765. The van der Waals surface area contributed by atoms with Crippen molar-refractivity contribution in [1.29, 1.82) is 0 Å². The van der Waals surface area contributed by atoms with Crippen molar-refractivity contribution in [3.63, 3.8) is 0 Å². The van der Waals surface area contributed by atoms with Crippen LogP contribution in [0.3, 0.4) is 0 Å². The van der Waals surface area contributed by atoms with Gasteiger partial charge in [-0.1, -0.05) is 6.92 Å². The standard InChI is InChI=1S/C11H17N3O3S/c1-2-8-13-10(18-14-8)12-7-11(9(15)16)3-5-17-6-4-11/h2-7H2,1H3,(H,15,16)(H,12,13,14). The summed E-state index contributed by atoms with van der Waals surface area (Å²) in [6, 6.07) is 0. The highest BCUT2D eigenvalue weighted by molar-refractivity contribution is 7.09. The van der Waals surface area contributed by atoms with Gasteiger partial charge in [-0.3, -0.25) is 4.79 Å². The van der Waals surface area contributed by atoms with Crippen LogP contribution in [-0.2, 0) is 16.0 Å². The van der Waals surface area contributed by atoms with Gasteiger partial charge in [-0.05, 0) is 12.8 Å². The van der Waals surface area contributed by atoms with E-state index in [-0.39, 0.29) is 0 Å². The van der Waals surface area contributed by atoms with Crippen LogP contribution < -0.4 is 5.32 Å². The lowest BCUT2D eigenvalue weighted by atomic mass is 9.80. The van der Waals surface area contributed by atoms with Crippen LogP contribution in [0.25, 0.3) is 0 Å². The van der Waals surface area contributed by atoms with Crippen LogP contribution in [0.15, 0.2) is 0 Å². The number of carbonyl (C=O) groups is 1. The maximum atomic E-state index is 11.4. The largest absolute Gasteiger partial charge is 0.481 e. The fourth-order valence-electron chi connectivity index (χ4n) is 1.94. The lowest BCUT2D eigenvalue weighted by Gasteiger charge is -2.32. The van der Waals surface area contributed by atoms with Gasteiger partial charge in [0.25, 0.3) is 0 Å². The Morgan fingerprint density at radius 2 is 2.28 bits per heavy atom. The third-order valence-electron chi connectivity index (χ3n) is 3.27. The monoisotopic (exact) mass is 271 g/mol. The molecule has 1 aliphatic rings. The molecule has 1 fully saturated rings. The fraction of sp³-hybridized carbons (Fsp3) is 0.727. The van der Waals surface area contributed by atoms with Crippen LogP contribution in [0.5, 0.6) is 0 Å². The van der Waals surface area contributed by atoms with Crippen LogP contribution in [0, 0.1) is 5.41 Å². The van der Waals surface area contributed by atoms with Gasteiger partial charge in [0.05, 0.1) is 5.41 Å². The predicted molar refractivity (Wildman–Crippen MR) is 67.9 cm³/mol. The number of hydrogen-bond acceptors (Lipinski definition) is 6. The number of aromatic nitrogens is 2. The lowest BCUT2D eigenvalue weighted by molar-refractivity contribution is -0.153. The summed E-state index contributed by atoms with van der Waals surface area (Å²) >= 11 is 1.28. The normalized spacial score (nSPS) is 18.5. The number of nitrogens with one attached hydrogen (secondary N) is 1. The zero-order valence-corrected chi connectivity index (χ0v) is 11.1. The molecule has 2 N–H and O–H groups in total. The summed E-state index contributed by atoms with van der Waals surface area (Å²) in [4.78, 5) is 15.7. The second-order valence-corrected chi connectivity index (χ2v) is 5.17. The Balaban J connectivity index is 1.99. The summed E-state index contributed by atoms with van der Waals surface area (Å²) in [7, 11) is 0. The van der Waals surface area contributed by atoms with Gasteiger partial charge in [0.1, 0.15) is 5.82 Å². The zero-order valence-electron chi connectivity index (χ0n) is 10.3. The first kappa shape index (κ1) is 13.2. The third kappa shape index (κ3) is 2.78. The first-order valence-corrected chi connectivity index (χ1v) is 6.81. The number of anilines is 1. The number of ether oxygens (including phenoxy) is 1. The molecule has 18 heavy (non-hydrogen) atoms. The number of aryl methyl sites for hydroxylation is 1. The van der Waals surface area contributed by atoms with Crippen LogP contribution in [0.1, 0.15) is 25.6 Å². The highest BCUT2D eigenvalue weighted by atomic mass is 32.1. The third-order valence-corrected chi connectivity index (χ3v) is 3.98. The molecule has 0 unspecified atom stereocenters. The van der Waals surface area contributed by atoms with E-state index in [1.54, 1.807) is 0 Å².